The van der Waals surface area contributed by atoms with Gasteiger partial charge in [0.25, 0.3) is 5.91 Å². The summed E-state index contributed by atoms with van der Waals surface area (Å²) in [7, 11) is 3.83. The average molecular weight is 280 g/mol. The highest BCUT2D eigenvalue weighted by molar-refractivity contribution is 5.98. The predicted molar refractivity (Wildman–Crippen MR) is 75.8 cm³/mol. The molecule has 0 spiro atoms. The van der Waals surface area contributed by atoms with Gasteiger partial charge in [-0.05, 0) is 45.0 Å². The highest BCUT2D eigenvalue weighted by atomic mass is 19.1. The topological polar surface area (TPSA) is 62.5 Å². The number of hydrogen-bond acceptors (Lipinski definition) is 4. The van der Waals surface area contributed by atoms with Crippen LogP contribution in [0.3, 0.4) is 0 Å². The van der Waals surface area contributed by atoms with Gasteiger partial charge < -0.3 is 15.5 Å². The lowest BCUT2D eigenvalue weighted by Gasteiger charge is -2.31. The monoisotopic (exact) mass is 280 g/mol. The van der Waals surface area contributed by atoms with Crippen molar-refractivity contribution in [3.05, 3.63) is 23.6 Å². The number of nitrogen functional groups attached to an aromatic ring is 1. The summed E-state index contributed by atoms with van der Waals surface area (Å²) in [6.07, 6.45) is 3.17. The molecule has 6 heteroatoms. The Kier molecular flexibility index (Phi) is 4.54. The van der Waals surface area contributed by atoms with Gasteiger partial charge in [-0.1, -0.05) is 0 Å². The SMILES string of the molecule is CN1CCC(CN(C)C(=O)c2cc(F)cnc2N)CC1. The summed E-state index contributed by atoms with van der Waals surface area (Å²) >= 11 is 0. The van der Waals surface area contributed by atoms with Crippen LogP contribution in [-0.4, -0.2) is 54.4 Å². The quantitative estimate of drug-likeness (QED) is 0.904. The number of aromatic nitrogens is 1. The molecule has 1 saturated heterocycles. The van der Waals surface area contributed by atoms with Gasteiger partial charge in [-0.25, -0.2) is 9.37 Å². The predicted octanol–water partition coefficient (Wildman–Crippen LogP) is 1.22. The number of hydrogen-bond donors (Lipinski definition) is 1. The summed E-state index contributed by atoms with van der Waals surface area (Å²) in [6, 6.07) is 1.15. The molecule has 0 unspecified atom stereocenters. The molecule has 0 saturated carbocycles. The number of nitrogens with two attached hydrogens (primary N) is 1. The second-order valence-electron chi connectivity index (χ2n) is 5.52. The van der Waals surface area contributed by atoms with Crippen molar-refractivity contribution in [1.82, 2.24) is 14.8 Å². The van der Waals surface area contributed by atoms with E-state index in [1.165, 1.54) is 0 Å². The van der Waals surface area contributed by atoms with Crippen molar-refractivity contribution in [2.45, 2.75) is 12.8 Å². The molecular weight excluding hydrogens is 259 g/mol. The van der Waals surface area contributed by atoms with Crippen molar-refractivity contribution < 1.29 is 9.18 Å². The molecule has 0 aliphatic carbocycles. The first kappa shape index (κ1) is 14.7. The van der Waals surface area contributed by atoms with E-state index in [1.807, 2.05) is 0 Å². The fourth-order valence-corrected chi connectivity index (χ4v) is 2.54. The van der Waals surface area contributed by atoms with Crippen LogP contribution in [-0.2, 0) is 0 Å². The third-order valence-corrected chi connectivity index (χ3v) is 3.83. The van der Waals surface area contributed by atoms with Crippen LogP contribution < -0.4 is 5.73 Å². The first-order chi connectivity index (χ1) is 9.47. The number of halogens is 1. The first-order valence-electron chi connectivity index (χ1n) is 6.82. The fourth-order valence-electron chi connectivity index (χ4n) is 2.54. The maximum atomic E-state index is 13.2. The zero-order valence-electron chi connectivity index (χ0n) is 12.0. The molecule has 2 heterocycles. The van der Waals surface area contributed by atoms with Gasteiger partial charge in [0.2, 0.25) is 0 Å². The van der Waals surface area contributed by atoms with E-state index in [0.29, 0.717) is 12.5 Å². The van der Waals surface area contributed by atoms with E-state index in [4.69, 9.17) is 5.73 Å². The number of piperidine rings is 1. The van der Waals surface area contributed by atoms with Gasteiger partial charge in [0.05, 0.1) is 11.8 Å². The number of nitrogens with zero attached hydrogens (tertiary/aromatic N) is 3. The van der Waals surface area contributed by atoms with Crippen molar-refractivity contribution in [3.63, 3.8) is 0 Å². The number of anilines is 1. The Morgan fingerprint density at radius 1 is 1.55 bits per heavy atom. The van der Waals surface area contributed by atoms with Gasteiger partial charge in [0.1, 0.15) is 11.6 Å². The van der Waals surface area contributed by atoms with Gasteiger partial charge in [0, 0.05) is 13.6 Å². The van der Waals surface area contributed by atoms with Crippen LogP contribution >= 0.6 is 0 Å². The zero-order chi connectivity index (χ0) is 14.7. The molecule has 1 aliphatic rings. The third-order valence-electron chi connectivity index (χ3n) is 3.83. The molecule has 5 nitrogen and oxygen atoms in total. The maximum Gasteiger partial charge on any atom is 0.257 e. The minimum atomic E-state index is -0.546. The second kappa shape index (κ2) is 6.17. The van der Waals surface area contributed by atoms with E-state index in [9.17, 15) is 9.18 Å². The van der Waals surface area contributed by atoms with E-state index < -0.39 is 5.82 Å². The molecule has 110 valence electrons. The van der Waals surface area contributed by atoms with Crippen LogP contribution in [0.2, 0.25) is 0 Å². The molecule has 1 fully saturated rings. The summed E-state index contributed by atoms with van der Waals surface area (Å²) < 4.78 is 13.2. The Hall–Kier alpha value is -1.69. The number of carbonyl (C=O) groups excluding carboxylic acids is 1. The van der Waals surface area contributed by atoms with Gasteiger partial charge in [-0.15, -0.1) is 0 Å². The average Bonchev–Trinajstić information content (AvgIpc) is 2.43. The van der Waals surface area contributed by atoms with E-state index in [0.717, 1.165) is 38.2 Å². The molecule has 0 atom stereocenters. The lowest BCUT2D eigenvalue weighted by Crippen LogP contribution is -2.38. The molecule has 0 radical (unpaired) electrons. The molecule has 0 aromatic carbocycles. The van der Waals surface area contributed by atoms with Gasteiger partial charge >= 0.3 is 0 Å². The van der Waals surface area contributed by atoms with Gasteiger partial charge in [-0.3, -0.25) is 4.79 Å². The third kappa shape index (κ3) is 3.45. The lowest BCUT2D eigenvalue weighted by molar-refractivity contribution is 0.0747. The molecule has 20 heavy (non-hydrogen) atoms. The Balaban J connectivity index is 1.99. The highest BCUT2D eigenvalue weighted by Gasteiger charge is 2.22. The van der Waals surface area contributed by atoms with Crippen molar-refractivity contribution in [2.75, 3.05) is 39.5 Å². The Morgan fingerprint density at radius 2 is 2.20 bits per heavy atom. The lowest BCUT2D eigenvalue weighted by atomic mass is 9.96. The maximum absolute atomic E-state index is 13.2. The number of amides is 1. The van der Waals surface area contributed by atoms with E-state index in [1.54, 1.807) is 11.9 Å². The van der Waals surface area contributed by atoms with Gasteiger partial charge in [-0.2, -0.15) is 0 Å². The highest BCUT2D eigenvalue weighted by Crippen LogP contribution is 2.19. The van der Waals surface area contributed by atoms with E-state index in [2.05, 4.69) is 16.9 Å². The van der Waals surface area contributed by atoms with E-state index >= 15 is 0 Å². The first-order valence-corrected chi connectivity index (χ1v) is 6.82. The van der Waals surface area contributed by atoms with Crippen molar-refractivity contribution in [1.29, 1.82) is 0 Å². The number of likely N-dealkylation sites (tertiary alicyclic amines) is 1. The molecule has 2 N–H and O–H groups in total. The van der Waals surface area contributed by atoms with Gasteiger partial charge in [0.15, 0.2) is 0 Å². The zero-order valence-corrected chi connectivity index (χ0v) is 12.0. The van der Waals surface area contributed by atoms with Crippen LogP contribution in [0.4, 0.5) is 10.2 Å². The standard InChI is InChI=1S/C14H21FN4O/c1-18-5-3-10(4-6-18)9-19(2)14(20)12-7-11(15)8-17-13(12)16/h7-8,10H,3-6,9H2,1-2H3,(H2,16,17). The molecule has 0 bridgehead atoms. The molecule has 1 aromatic heterocycles. The normalized spacial score (nSPS) is 17.1. The minimum absolute atomic E-state index is 0.0756. The summed E-state index contributed by atoms with van der Waals surface area (Å²) in [5.74, 6) is -0.252. The summed E-state index contributed by atoms with van der Waals surface area (Å²) in [5.41, 5.74) is 5.79. The summed E-state index contributed by atoms with van der Waals surface area (Å²) in [4.78, 5) is 19.9. The minimum Gasteiger partial charge on any atom is -0.383 e. The number of carbonyl (C=O) groups is 1. The van der Waals surface area contributed by atoms with Crippen LogP contribution in [0, 0.1) is 11.7 Å². The largest absolute Gasteiger partial charge is 0.383 e. The van der Waals surface area contributed by atoms with Crippen molar-refractivity contribution in [2.24, 2.45) is 5.92 Å². The van der Waals surface area contributed by atoms with Crippen LogP contribution in [0.5, 0.6) is 0 Å². The van der Waals surface area contributed by atoms with Crippen LogP contribution in [0.25, 0.3) is 0 Å². The van der Waals surface area contributed by atoms with Crippen LogP contribution in [0.1, 0.15) is 23.2 Å². The Labute approximate surface area is 118 Å². The molecule has 1 amide bonds. The molecular formula is C14H21FN4O. The molecule has 1 aromatic rings. The van der Waals surface area contributed by atoms with Crippen LogP contribution in [0.15, 0.2) is 12.3 Å². The Morgan fingerprint density at radius 3 is 2.85 bits per heavy atom. The fraction of sp³-hybridized carbons (Fsp3) is 0.571. The van der Waals surface area contributed by atoms with Crippen molar-refractivity contribution >= 4 is 11.7 Å². The number of rotatable bonds is 3. The van der Waals surface area contributed by atoms with Crippen molar-refractivity contribution in [3.8, 4) is 0 Å². The van der Waals surface area contributed by atoms with E-state index in [-0.39, 0.29) is 17.3 Å². The summed E-state index contributed by atoms with van der Waals surface area (Å²) in [6.45, 7) is 2.77. The number of pyridine rings is 1. The summed E-state index contributed by atoms with van der Waals surface area (Å²) in [5, 5.41) is 0. The molecule has 1 aliphatic heterocycles. The molecule has 2 rings (SSSR count). The second-order valence-corrected chi connectivity index (χ2v) is 5.52. The smallest absolute Gasteiger partial charge is 0.257 e. The Bertz CT molecular complexity index is 486.